The summed E-state index contributed by atoms with van der Waals surface area (Å²) >= 11 is 0. The first-order valence-corrected chi connectivity index (χ1v) is 8.97. The summed E-state index contributed by atoms with van der Waals surface area (Å²) in [5, 5.41) is 5.01. The molecule has 0 atom stereocenters. The van der Waals surface area contributed by atoms with Gasteiger partial charge in [-0.3, -0.25) is 4.90 Å². The van der Waals surface area contributed by atoms with Crippen molar-refractivity contribution in [2.45, 2.75) is 26.8 Å². The van der Waals surface area contributed by atoms with Crippen LogP contribution in [0.15, 0.2) is 29.0 Å². The third-order valence-corrected chi connectivity index (χ3v) is 5.05. The van der Waals surface area contributed by atoms with E-state index in [1.54, 1.807) is 12.4 Å². The van der Waals surface area contributed by atoms with E-state index < -0.39 is 0 Å². The molecule has 6 nitrogen and oxygen atoms in total. The summed E-state index contributed by atoms with van der Waals surface area (Å²) in [6.45, 7) is 8.55. The highest BCUT2D eigenvalue weighted by Crippen LogP contribution is 2.24. The Bertz CT molecular complexity index is 917. The molecule has 0 aliphatic carbocycles. The Hall–Kier alpha value is -2.54. The Labute approximate surface area is 151 Å². The molecule has 0 radical (unpaired) electrons. The summed E-state index contributed by atoms with van der Waals surface area (Å²) in [6, 6.07) is 4.57. The summed E-state index contributed by atoms with van der Waals surface area (Å²) in [6.07, 6.45) is 2.58. The van der Waals surface area contributed by atoms with Crippen LogP contribution in [0.25, 0.3) is 11.0 Å². The molecule has 0 N–H and O–H groups in total. The number of benzene rings is 1. The van der Waals surface area contributed by atoms with E-state index in [0.29, 0.717) is 12.1 Å². The Morgan fingerprint density at radius 3 is 2.73 bits per heavy atom. The second-order valence-electron chi connectivity index (χ2n) is 6.65. The first kappa shape index (κ1) is 16.9. The van der Waals surface area contributed by atoms with E-state index >= 15 is 0 Å². The highest BCUT2D eigenvalue weighted by molar-refractivity contribution is 5.79. The lowest BCUT2D eigenvalue weighted by atomic mass is 10.1. The number of aromatic nitrogens is 3. The van der Waals surface area contributed by atoms with Crippen LogP contribution >= 0.6 is 0 Å². The largest absolute Gasteiger partial charge is 0.356 e. The van der Waals surface area contributed by atoms with Crippen molar-refractivity contribution in [1.82, 2.24) is 20.0 Å². The lowest BCUT2D eigenvalue weighted by Crippen LogP contribution is -2.46. The summed E-state index contributed by atoms with van der Waals surface area (Å²) < 4.78 is 18.5. The highest BCUT2D eigenvalue weighted by Gasteiger charge is 2.22. The van der Waals surface area contributed by atoms with Crippen molar-refractivity contribution in [2.24, 2.45) is 0 Å². The number of rotatable bonds is 4. The molecule has 1 aromatic carbocycles. The van der Waals surface area contributed by atoms with Crippen molar-refractivity contribution in [3.63, 3.8) is 0 Å². The summed E-state index contributed by atoms with van der Waals surface area (Å²) in [5.74, 6) is 0.752. The predicted octanol–water partition coefficient (Wildman–Crippen LogP) is 2.95. The molecular weight excluding hydrogens is 333 g/mol. The maximum absolute atomic E-state index is 13.3. The smallest absolute Gasteiger partial charge is 0.170 e. The van der Waals surface area contributed by atoms with E-state index in [-0.39, 0.29) is 5.82 Å². The quantitative estimate of drug-likeness (QED) is 0.717. The van der Waals surface area contributed by atoms with Crippen LogP contribution in [0.2, 0.25) is 0 Å². The number of anilines is 1. The maximum atomic E-state index is 13.3. The highest BCUT2D eigenvalue weighted by atomic mass is 19.1. The molecule has 1 aliphatic heterocycles. The minimum absolute atomic E-state index is 0.305. The molecule has 0 unspecified atom stereocenters. The number of halogens is 1. The van der Waals surface area contributed by atoms with Crippen LogP contribution < -0.4 is 4.90 Å². The lowest BCUT2D eigenvalue weighted by molar-refractivity contribution is 0.242. The fourth-order valence-electron chi connectivity index (χ4n) is 3.58. The van der Waals surface area contributed by atoms with Crippen LogP contribution in [0.4, 0.5) is 10.2 Å². The van der Waals surface area contributed by atoms with Gasteiger partial charge < -0.3 is 9.42 Å². The van der Waals surface area contributed by atoms with Crippen LogP contribution in [0.3, 0.4) is 0 Å². The van der Waals surface area contributed by atoms with E-state index in [1.807, 2.05) is 6.92 Å². The molecular formula is C19H22FN5O. The number of piperazine rings is 1. The van der Waals surface area contributed by atoms with Gasteiger partial charge in [0.15, 0.2) is 5.58 Å². The van der Waals surface area contributed by atoms with Crippen LogP contribution in [-0.4, -0.2) is 46.2 Å². The molecule has 2 aromatic heterocycles. The molecule has 1 fully saturated rings. The van der Waals surface area contributed by atoms with Gasteiger partial charge in [-0.05, 0) is 25.5 Å². The number of aryl methyl sites for hydroxylation is 1. The molecule has 1 aliphatic rings. The SMILES string of the molecule is CCc1c(C)ncnc1N1CCN(Cc2noc3cc(F)ccc23)CC1. The van der Waals surface area contributed by atoms with Crippen LogP contribution in [0, 0.1) is 12.7 Å². The zero-order valence-corrected chi connectivity index (χ0v) is 15.1. The number of hydrogen-bond acceptors (Lipinski definition) is 6. The second kappa shape index (κ2) is 6.99. The molecule has 136 valence electrons. The minimum atomic E-state index is -0.305. The van der Waals surface area contributed by atoms with E-state index in [2.05, 4.69) is 31.8 Å². The summed E-state index contributed by atoms with van der Waals surface area (Å²) in [5.41, 5.74) is 3.65. The van der Waals surface area contributed by atoms with Gasteiger partial charge in [0.1, 0.15) is 23.7 Å². The van der Waals surface area contributed by atoms with Crippen molar-refractivity contribution in [3.05, 3.63) is 47.3 Å². The third kappa shape index (κ3) is 3.14. The topological polar surface area (TPSA) is 58.3 Å². The first-order valence-electron chi connectivity index (χ1n) is 8.97. The Kier molecular flexibility index (Phi) is 4.55. The molecule has 0 spiro atoms. The first-order chi connectivity index (χ1) is 12.7. The standard InChI is InChI=1S/C19H22FN5O/c1-3-15-13(2)21-12-22-19(15)25-8-6-24(7-9-25)11-17-16-5-4-14(20)10-18(16)26-23-17/h4-5,10,12H,3,6-9,11H2,1-2H3. The molecule has 7 heteroatoms. The van der Waals surface area contributed by atoms with E-state index in [1.165, 1.54) is 17.7 Å². The Balaban J connectivity index is 1.44. The normalized spacial score (nSPS) is 15.7. The monoisotopic (exact) mass is 355 g/mol. The van der Waals surface area contributed by atoms with Crippen molar-refractivity contribution < 1.29 is 8.91 Å². The van der Waals surface area contributed by atoms with Crippen molar-refractivity contribution in [3.8, 4) is 0 Å². The van der Waals surface area contributed by atoms with Crippen molar-refractivity contribution in [2.75, 3.05) is 31.1 Å². The van der Waals surface area contributed by atoms with Gasteiger partial charge in [0.05, 0.1) is 0 Å². The molecule has 0 bridgehead atoms. The van der Waals surface area contributed by atoms with E-state index in [4.69, 9.17) is 4.52 Å². The second-order valence-corrected chi connectivity index (χ2v) is 6.65. The molecule has 0 saturated carbocycles. The number of fused-ring (bicyclic) bond motifs is 1. The summed E-state index contributed by atoms with van der Waals surface area (Å²) in [7, 11) is 0. The van der Waals surface area contributed by atoms with Crippen molar-refractivity contribution in [1.29, 1.82) is 0 Å². The maximum Gasteiger partial charge on any atom is 0.170 e. The van der Waals surface area contributed by atoms with Gasteiger partial charge in [0.25, 0.3) is 0 Å². The average Bonchev–Trinajstić information content (AvgIpc) is 3.04. The van der Waals surface area contributed by atoms with Gasteiger partial charge in [0.2, 0.25) is 0 Å². The number of nitrogens with zero attached hydrogens (tertiary/aromatic N) is 5. The molecule has 26 heavy (non-hydrogen) atoms. The molecule has 1 saturated heterocycles. The third-order valence-electron chi connectivity index (χ3n) is 5.05. The van der Waals surface area contributed by atoms with Gasteiger partial charge in [-0.15, -0.1) is 0 Å². The van der Waals surface area contributed by atoms with Crippen LogP contribution in [0.5, 0.6) is 0 Å². The zero-order chi connectivity index (χ0) is 18.1. The molecule has 3 heterocycles. The molecule has 3 aromatic rings. The van der Waals surface area contributed by atoms with Gasteiger partial charge in [-0.2, -0.15) is 0 Å². The Morgan fingerprint density at radius 1 is 1.15 bits per heavy atom. The lowest BCUT2D eigenvalue weighted by Gasteiger charge is -2.36. The fraction of sp³-hybridized carbons (Fsp3) is 0.421. The van der Waals surface area contributed by atoms with Crippen molar-refractivity contribution >= 4 is 16.8 Å². The fourth-order valence-corrected chi connectivity index (χ4v) is 3.58. The van der Waals surface area contributed by atoms with E-state index in [9.17, 15) is 4.39 Å². The predicted molar refractivity (Wildman–Crippen MR) is 97.6 cm³/mol. The average molecular weight is 355 g/mol. The van der Waals surface area contributed by atoms with E-state index in [0.717, 1.165) is 55.2 Å². The minimum Gasteiger partial charge on any atom is -0.356 e. The van der Waals surface area contributed by atoms with Crippen LogP contribution in [-0.2, 0) is 13.0 Å². The summed E-state index contributed by atoms with van der Waals surface area (Å²) in [4.78, 5) is 13.5. The molecule has 0 amide bonds. The number of hydrogen-bond donors (Lipinski definition) is 0. The van der Waals surface area contributed by atoms with Gasteiger partial charge in [0, 0.05) is 55.4 Å². The molecule has 4 rings (SSSR count). The van der Waals surface area contributed by atoms with Gasteiger partial charge >= 0.3 is 0 Å². The van der Waals surface area contributed by atoms with Gasteiger partial charge in [-0.25, -0.2) is 14.4 Å². The Morgan fingerprint density at radius 2 is 1.96 bits per heavy atom. The van der Waals surface area contributed by atoms with Gasteiger partial charge in [-0.1, -0.05) is 12.1 Å². The zero-order valence-electron chi connectivity index (χ0n) is 15.1. The van der Waals surface area contributed by atoms with Crippen LogP contribution in [0.1, 0.15) is 23.9 Å².